The van der Waals surface area contributed by atoms with E-state index in [1.165, 1.54) is 6.42 Å². The van der Waals surface area contributed by atoms with Gasteiger partial charge in [-0.15, -0.1) is 0 Å². The molecule has 28 heavy (non-hydrogen) atoms. The van der Waals surface area contributed by atoms with Gasteiger partial charge in [-0.05, 0) is 44.0 Å². The Balaban J connectivity index is 1.65. The van der Waals surface area contributed by atoms with Crippen LogP contribution in [0.2, 0.25) is 0 Å². The number of amides is 2. The Morgan fingerprint density at radius 3 is 2.32 bits per heavy atom. The molecule has 5 heteroatoms. The zero-order valence-corrected chi connectivity index (χ0v) is 16.1. The number of anilines is 2. The first-order valence-corrected chi connectivity index (χ1v) is 10.2. The van der Waals surface area contributed by atoms with Gasteiger partial charge in [0.2, 0.25) is 5.91 Å². The average Bonchev–Trinajstić information content (AvgIpc) is 2.94. The lowest BCUT2D eigenvalue weighted by Crippen LogP contribution is -2.64. The minimum atomic E-state index is -0.726. The van der Waals surface area contributed by atoms with Crippen molar-refractivity contribution in [3.05, 3.63) is 60.2 Å². The van der Waals surface area contributed by atoms with E-state index in [9.17, 15) is 9.59 Å². The van der Waals surface area contributed by atoms with Crippen LogP contribution in [-0.2, 0) is 4.79 Å². The molecule has 2 amide bonds. The van der Waals surface area contributed by atoms with Crippen LogP contribution in [0.15, 0.2) is 54.6 Å². The summed E-state index contributed by atoms with van der Waals surface area (Å²) in [5, 5.41) is 1.69. The molecular weight excluding hydrogens is 350 g/mol. The van der Waals surface area contributed by atoms with E-state index >= 15 is 0 Å². The molecule has 1 spiro atoms. The number of carbonyl (C=O) groups is 2. The Bertz CT molecular complexity index is 936. The molecule has 2 heterocycles. The molecule has 2 aromatic rings. The smallest absolute Gasteiger partial charge is 0.276 e. The maximum absolute atomic E-state index is 13.7. The third-order valence-electron chi connectivity index (χ3n) is 6.70. The van der Waals surface area contributed by atoms with E-state index in [0.29, 0.717) is 12.0 Å². The van der Waals surface area contributed by atoms with E-state index in [-0.39, 0.29) is 17.2 Å². The topological polar surface area (TPSA) is 52.7 Å². The minimum absolute atomic E-state index is 0.0844. The van der Waals surface area contributed by atoms with E-state index < -0.39 is 5.66 Å². The number of para-hydroxylation sites is 2. The first-order chi connectivity index (χ1) is 13.6. The van der Waals surface area contributed by atoms with E-state index in [2.05, 4.69) is 5.43 Å². The predicted molar refractivity (Wildman–Crippen MR) is 109 cm³/mol. The van der Waals surface area contributed by atoms with Crippen molar-refractivity contribution in [2.45, 2.75) is 51.1 Å². The van der Waals surface area contributed by atoms with E-state index in [1.807, 2.05) is 66.4 Å². The lowest BCUT2D eigenvalue weighted by molar-refractivity contribution is -0.127. The van der Waals surface area contributed by atoms with Crippen LogP contribution in [0.3, 0.4) is 0 Å². The van der Waals surface area contributed by atoms with Crippen molar-refractivity contribution in [3.8, 4) is 0 Å². The predicted octanol–water partition coefficient (Wildman–Crippen LogP) is 4.57. The fourth-order valence-electron chi connectivity index (χ4n) is 5.42. The first kappa shape index (κ1) is 17.3. The standard InChI is InChI=1S/C23H25N3O2/c1-22-16-23(14-8-3-9-15-23)21(28)25(22)19-13-7-6-12-18(19)20(27)26(22)24-17-10-4-2-5-11-17/h2,4-7,10-13,24H,3,8-9,14-16H2,1H3. The van der Waals surface area contributed by atoms with E-state index in [4.69, 9.17) is 0 Å². The summed E-state index contributed by atoms with van der Waals surface area (Å²) in [6, 6.07) is 17.2. The Morgan fingerprint density at radius 2 is 1.57 bits per heavy atom. The Hall–Kier alpha value is -2.82. The van der Waals surface area contributed by atoms with Crippen molar-refractivity contribution >= 4 is 23.2 Å². The van der Waals surface area contributed by atoms with Gasteiger partial charge in [0.05, 0.1) is 22.4 Å². The molecular formula is C23H25N3O2. The van der Waals surface area contributed by atoms with Crippen LogP contribution < -0.4 is 10.3 Å². The number of hydrogen-bond donors (Lipinski definition) is 1. The molecule has 144 valence electrons. The summed E-state index contributed by atoms with van der Waals surface area (Å²) in [6.45, 7) is 2.03. The lowest BCUT2D eigenvalue weighted by Gasteiger charge is -2.48. The zero-order valence-electron chi connectivity index (χ0n) is 16.1. The largest absolute Gasteiger partial charge is 0.294 e. The molecule has 5 rings (SSSR count). The normalized spacial score (nSPS) is 25.6. The Kier molecular flexibility index (Phi) is 3.76. The van der Waals surface area contributed by atoms with Crippen LogP contribution in [0, 0.1) is 5.41 Å². The second-order valence-corrected chi connectivity index (χ2v) is 8.51. The second-order valence-electron chi connectivity index (χ2n) is 8.51. The van der Waals surface area contributed by atoms with Crippen LogP contribution in [0.25, 0.3) is 0 Å². The Labute approximate surface area is 165 Å². The van der Waals surface area contributed by atoms with E-state index in [0.717, 1.165) is 37.1 Å². The number of hydrogen-bond acceptors (Lipinski definition) is 3. The summed E-state index contributed by atoms with van der Waals surface area (Å²) < 4.78 is 0. The highest BCUT2D eigenvalue weighted by molar-refractivity contribution is 6.12. The minimum Gasteiger partial charge on any atom is -0.294 e. The van der Waals surface area contributed by atoms with Gasteiger partial charge < -0.3 is 0 Å². The molecule has 1 atom stereocenters. The third-order valence-corrected chi connectivity index (χ3v) is 6.70. The highest BCUT2D eigenvalue weighted by Crippen LogP contribution is 2.55. The maximum atomic E-state index is 13.7. The number of benzene rings is 2. The van der Waals surface area contributed by atoms with Crippen molar-refractivity contribution in [1.29, 1.82) is 0 Å². The molecule has 2 aliphatic heterocycles. The molecule has 0 aromatic heterocycles. The summed E-state index contributed by atoms with van der Waals surface area (Å²) in [4.78, 5) is 29.1. The van der Waals surface area contributed by atoms with Crippen LogP contribution in [0.4, 0.5) is 11.4 Å². The number of fused-ring (bicyclic) bond motifs is 3. The summed E-state index contributed by atoms with van der Waals surface area (Å²) in [6.07, 6.45) is 5.83. The SMILES string of the molecule is CC12CC3(CCCCC3)C(=O)N1c1ccccc1C(=O)N2Nc1ccccc1. The Morgan fingerprint density at radius 1 is 0.893 bits per heavy atom. The molecule has 1 unspecified atom stereocenters. The van der Waals surface area contributed by atoms with Gasteiger partial charge >= 0.3 is 0 Å². The van der Waals surface area contributed by atoms with Gasteiger partial charge in [-0.3, -0.25) is 19.9 Å². The summed E-state index contributed by atoms with van der Waals surface area (Å²) in [5.41, 5.74) is 4.39. The lowest BCUT2D eigenvalue weighted by atomic mass is 9.71. The highest BCUT2D eigenvalue weighted by Gasteiger charge is 2.63. The van der Waals surface area contributed by atoms with Gasteiger partial charge in [0.15, 0.2) is 0 Å². The average molecular weight is 375 g/mol. The third kappa shape index (κ3) is 2.32. The maximum Gasteiger partial charge on any atom is 0.276 e. The van der Waals surface area contributed by atoms with Crippen molar-refractivity contribution in [3.63, 3.8) is 0 Å². The van der Waals surface area contributed by atoms with Crippen molar-refractivity contribution in [2.75, 3.05) is 10.3 Å². The molecule has 1 saturated heterocycles. The number of nitrogens with zero attached hydrogens (tertiary/aromatic N) is 2. The molecule has 1 N–H and O–H groups in total. The van der Waals surface area contributed by atoms with Gasteiger partial charge in [0.25, 0.3) is 5.91 Å². The molecule has 5 nitrogen and oxygen atoms in total. The van der Waals surface area contributed by atoms with Crippen molar-refractivity contribution in [2.24, 2.45) is 5.41 Å². The number of rotatable bonds is 2. The fourth-order valence-corrected chi connectivity index (χ4v) is 5.42. The number of carbonyl (C=O) groups excluding carboxylic acids is 2. The molecule has 0 bridgehead atoms. The summed E-state index contributed by atoms with van der Waals surface area (Å²) in [5.74, 6) is 0.0911. The molecule has 2 aromatic carbocycles. The van der Waals surface area contributed by atoms with Crippen LogP contribution in [0.5, 0.6) is 0 Å². The van der Waals surface area contributed by atoms with Crippen molar-refractivity contribution in [1.82, 2.24) is 5.01 Å². The zero-order chi connectivity index (χ0) is 19.4. The van der Waals surface area contributed by atoms with E-state index in [1.54, 1.807) is 5.01 Å². The number of nitrogens with one attached hydrogen (secondary N) is 1. The molecule has 0 radical (unpaired) electrons. The molecule has 1 aliphatic carbocycles. The molecule has 3 aliphatic rings. The van der Waals surface area contributed by atoms with Gasteiger partial charge in [-0.1, -0.05) is 49.6 Å². The van der Waals surface area contributed by atoms with Crippen LogP contribution >= 0.6 is 0 Å². The van der Waals surface area contributed by atoms with Gasteiger partial charge in [0, 0.05) is 6.42 Å². The second kappa shape index (κ2) is 6.09. The molecule has 2 fully saturated rings. The van der Waals surface area contributed by atoms with Gasteiger partial charge in [-0.2, -0.15) is 0 Å². The molecule has 1 saturated carbocycles. The fraction of sp³-hybridized carbons (Fsp3) is 0.391. The number of hydrazine groups is 1. The highest BCUT2D eigenvalue weighted by atomic mass is 16.2. The van der Waals surface area contributed by atoms with Gasteiger partial charge in [-0.25, -0.2) is 5.01 Å². The monoisotopic (exact) mass is 375 g/mol. The van der Waals surface area contributed by atoms with Gasteiger partial charge in [0.1, 0.15) is 5.66 Å². The quantitative estimate of drug-likeness (QED) is 0.836. The van der Waals surface area contributed by atoms with Crippen LogP contribution in [-0.4, -0.2) is 22.5 Å². The first-order valence-electron chi connectivity index (χ1n) is 10.2. The van der Waals surface area contributed by atoms with Crippen LogP contribution in [0.1, 0.15) is 55.8 Å². The van der Waals surface area contributed by atoms with Crippen molar-refractivity contribution < 1.29 is 9.59 Å². The summed E-state index contributed by atoms with van der Waals surface area (Å²) in [7, 11) is 0. The summed E-state index contributed by atoms with van der Waals surface area (Å²) >= 11 is 0.